The third-order valence-electron chi connectivity index (χ3n) is 5.71. The molecule has 0 bridgehead atoms. The molecule has 4 rings (SSSR count). The molecule has 3 heterocycles. The van der Waals surface area contributed by atoms with Gasteiger partial charge in [0.2, 0.25) is 12.2 Å². The van der Waals surface area contributed by atoms with Crippen LogP contribution >= 0.6 is 0 Å². The summed E-state index contributed by atoms with van der Waals surface area (Å²) in [6.07, 6.45) is 0.712. The molecule has 0 unspecified atom stereocenters. The molecule has 194 valence electrons. The van der Waals surface area contributed by atoms with Crippen LogP contribution in [0.15, 0.2) is 36.5 Å². The van der Waals surface area contributed by atoms with Crippen LogP contribution in [-0.2, 0) is 14.3 Å². The maximum Gasteiger partial charge on any atom is 0.316 e. The Morgan fingerprint density at radius 1 is 1.27 bits per heavy atom. The third-order valence-corrected chi connectivity index (χ3v) is 5.71. The number of ether oxygens (including phenoxy) is 3. The molecule has 1 aliphatic rings. The average Bonchev–Trinajstić information content (AvgIpc) is 3.33. The van der Waals surface area contributed by atoms with Gasteiger partial charge in [-0.25, -0.2) is 14.4 Å². The topological polar surface area (TPSA) is 138 Å². The molecular formula is C25H28FN7O4. The number of amides is 1. The van der Waals surface area contributed by atoms with Crippen molar-refractivity contribution in [2.24, 2.45) is 5.41 Å². The summed E-state index contributed by atoms with van der Waals surface area (Å²) in [5, 5.41) is 11.3. The minimum absolute atomic E-state index is 0.0637. The Hall–Kier alpha value is -3.92. The van der Waals surface area contributed by atoms with E-state index in [1.54, 1.807) is 31.3 Å². The van der Waals surface area contributed by atoms with Crippen LogP contribution in [0.2, 0.25) is 0 Å². The summed E-state index contributed by atoms with van der Waals surface area (Å²) in [6.45, 7) is 2.85. The van der Waals surface area contributed by atoms with Crippen molar-refractivity contribution in [2.45, 2.75) is 13.2 Å². The van der Waals surface area contributed by atoms with Gasteiger partial charge in [-0.05, 0) is 51.4 Å². The lowest BCUT2D eigenvalue weighted by Gasteiger charge is -2.35. The number of imidazole rings is 1. The lowest BCUT2D eigenvalue weighted by Crippen LogP contribution is -2.48. The zero-order valence-corrected chi connectivity index (χ0v) is 20.8. The fraction of sp³-hybridized carbons (Fsp3) is 0.400. The van der Waals surface area contributed by atoms with Crippen LogP contribution in [0.1, 0.15) is 19.0 Å². The Labute approximate surface area is 213 Å². The van der Waals surface area contributed by atoms with Gasteiger partial charge in [0.1, 0.15) is 19.0 Å². The first-order chi connectivity index (χ1) is 17.8. The van der Waals surface area contributed by atoms with Crippen molar-refractivity contribution in [3.05, 3.63) is 48.2 Å². The highest BCUT2D eigenvalue weighted by atomic mass is 19.1. The van der Waals surface area contributed by atoms with E-state index in [1.807, 2.05) is 25.1 Å². The van der Waals surface area contributed by atoms with E-state index in [-0.39, 0.29) is 37.5 Å². The van der Waals surface area contributed by atoms with Crippen molar-refractivity contribution in [1.29, 1.82) is 5.26 Å². The van der Waals surface area contributed by atoms with Crippen LogP contribution in [0.25, 0.3) is 22.6 Å². The number of hydrogen-bond acceptors (Lipinski definition) is 9. The quantitative estimate of drug-likeness (QED) is 0.416. The van der Waals surface area contributed by atoms with Gasteiger partial charge < -0.3 is 29.4 Å². The van der Waals surface area contributed by atoms with Gasteiger partial charge in [-0.1, -0.05) is 0 Å². The SMILES string of the molecule is CN(C)CCOc1nccc(-c2[nH]c(C3OCC(C)(C(=O)NCC#N)CO3)nc2-c2ccc(F)cc2)n1. The second kappa shape index (κ2) is 11.4. The highest BCUT2D eigenvalue weighted by Crippen LogP contribution is 2.35. The lowest BCUT2D eigenvalue weighted by molar-refractivity contribution is -0.230. The van der Waals surface area contributed by atoms with Crippen LogP contribution in [0.4, 0.5) is 4.39 Å². The summed E-state index contributed by atoms with van der Waals surface area (Å²) < 4.78 is 31.0. The van der Waals surface area contributed by atoms with Gasteiger partial charge in [0.25, 0.3) is 0 Å². The summed E-state index contributed by atoms with van der Waals surface area (Å²) >= 11 is 0. The second-order valence-electron chi connectivity index (χ2n) is 9.08. The zero-order chi connectivity index (χ0) is 26.4. The van der Waals surface area contributed by atoms with Crippen molar-refractivity contribution >= 4 is 5.91 Å². The van der Waals surface area contributed by atoms with E-state index in [4.69, 9.17) is 19.5 Å². The normalized spacial score (nSPS) is 19.4. The third kappa shape index (κ3) is 6.26. The number of aromatic amines is 1. The molecule has 37 heavy (non-hydrogen) atoms. The molecule has 0 aliphatic carbocycles. The molecule has 2 N–H and O–H groups in total. The number of hydrogen-bond donors (Lipinski definition) is 2. The monoisotopic (exact) mass is 509 g/mol. The molecule has 1 amide bonds. The lowest BCUT2D eigenvalue weighted by atomic mass is 9.91. The van der Waals surface area contributed by atoms with Gasteiger partial charge >= 0.3 is 6.01 Å². The summed E-state index contributed by atoms with van der Waals surface area (Å²) in [4.78, 5) is 31.0. The summed E-state index contributed by atoms with van der Waals surface area (Å²) in [5.74, 6) is -0.336. The molecule has 1 aliphatic heterocycles. The number of benzene rings is 1. The molecule has 2 aromatic heterocycles. The van der Waals surface area contributed by atoms with Crippen LogP contribution in [-0.4, -0.2) is 77.7 Å². The van der Waals surface area contributed by atoms with Crippen molar-refractivity contribution in [1.82, 2.24) is 30.2 Å². The summed E-state index contributed by atoms with van der Waals surface area (Å²) in [7, 11) is 3.89. The molecular weight excluding hydrogens is 481 g/mol. The number of carbonyl (C=O) groups is 1. The first-order valence-electron chi connectivity index (χ1n) is 11.6. The Morgan fingerprint density at radius 3 is 2.68 bits per heavy atom. The molecule has 0 atom stereocenters. The number of carbonyl (C=O) groups excluding carboxylic acids is 1. The first-order valence-corrected chi connectivity index (χ1v) is 11.6. The van der Waals surface area contributed by atoms with Crippen molar-refractivity contribution in [2.75, 3.05) is 47.0 Å². The van der Waals surface area contributed by atoms with Gasteiger partial charge in [-0.15, -0.1) is 0 Å². The highest BCUT2D eigenvalue weighted by molar-refractivity contribution is 5.82. The van der Waals surface area contributed by atoms with E-state index in [2.05, 4.69) is 25.3 Å². The first kappa shape index (κ1) is 26.2. The van der Waals surface area contributed by atoms with E-state index < -0.39 is 11.7 Å². The number of nitriles is 1. The Bertz CT molecular complexity index is 1260. The molecule has 1 fully saturated rings. The van der Waals surface area contributed by atoms with Gasteiger partial charge in [-0.2, -0.15) is 10.2 Å². The number of nitrogens with zero attached hydrogens (tertiary/aromatic N) is 5. The summed E-state index contributed by atoms with van der Waals surface area (Å²) in [6, 6.07) is 9.74. The van der Waals surface area contributed by atoms with Crippen LogP contribution < -0.4 is 10.1 Å². The molecule has 3 aromatic rings. The van der Waals surface area contributed by atoms with Crippen molar-refractivity contribution in [3.63, 3.8) is 0 Å². The summed E-state index contributed by atoms with van der Waals surface area (Å²) in [5.41, 5.74) is 1.29. The van der Waals surface area contributed by atoms with Crippen LogP contribution in [0, 0.1) is 22.6 Å². The number of H-pyrrole nitrogens is 1. The standard InChI is InChI=1S/C25H28FN7O4/c1-25(23(34)28-11-9-27)14-36-22(37-15-25)21-31-19(16-4-6-17(26)7-5-16)20(32-21)18-8-10-29-24(30-18)35-13-12-33(2)3/h4-8,10,22H,11-15H2,1-3H3,(H,28,34)(H,31,32). The van der Waals surface area contributed by atoms with E-state index in [9.17, 15) is 9.18 Å². The van der Waals surface area contributed by atoms with Gasteiger partial charge in [-0.3, -0.25) is 4.79 Å². The van der Waals surface area contributed by atoms with Crippen molar-refractivity contribution in [3.8, 4) is 34.7 Å². The number of nitrogens with one attached hydrogen (secondary N) is 2. The predicted molar refractivity (Wildman–Crippen MR) is 130 cm³/mol. The van der Waals surface area contributed by atoms with Gasteiger partial charge in [0.05, 0.1) is 41.8 Å². The smallest absolute Gasteiger partial charge is 0.316 e. The Morgan fingerprint density at radius 2 is 2.00 bits per heavy atom. The molecule has 0 radical (unpaired) electrons. The minimum Gasteiger partial charge on any atom is -0.462 e. The van der Waals surface area contributed by atoms with E-state index >= 15 is 0 Å². The highest BCUT2D eigenvalue weighted by Gasteiger charge is 2.40. The predicted octanol–water partition coefficient (Wildman–Crippen LogP) is 2.30. The molecule has 12 heteroatoms. The average molecular weight is 510 g/mol. The van der Waals surface area contributed by atoms with Gasteiger partial charge in [0, 0.05) is 18.3 Å². The fourth-order valence-corrected chi connectivity index (χ4v) is 3.61. The van der Waals surface area contributed by atoms with Gasteiger partial charge in [0.15, 0.2) is 5.82 Å². The number of halogens is 1. The van der Waals surface area contributed by atoms with Crippen molar-refractivity contribution < 1.29 is 23.4 Å². The zero-order valence-electron chi connectivity index (χ0n) is 20.8. The number of aromatic nitrogens is 4. The molecule has 1 saturated heterocycles. The minimum atomic E-state index is -0.950. The van der Waals surface area contributed by atoms with Crippen LogP contribution in [0.5, 0.6) is 6.01 Å². The largest absolute Gasteiger partial charge is 0.462 e. The Balaban J connectivity index is 1.61. The van der Waals surface area contributed by atoms with E-state index in [0.29, 0.717) is 41.6 Å². The molecule has 0 saturated carbocycles. The maximum absolute atomic E-state index is 13.6. The molecule has 0 spiro atoms. The number of likely N-dealkylation sites (N-methyl/N-ethyl adjacent to an activating group) is 1. The molecule has 11 nitrogen and oxygen atoms in total. The maximum atomic E-state index is 13.6. The second-order valence-corrected chi connectivity index (χ2v) is 9.08. The van der Waals surface area contributed by atoms with E-state index in [0.717, 1.165) is 0 Å². The van der Waals surface area contributed by atoms with Crippen LogP contribution in [0.3, 0.4) is 0 Å². The molecule has 1 aromatic carbocycles. The number of rotatable bonds is 9. The fourth-order valence-electron chi connectivity index (χ4n) is 3.61. The Kier molecular flexibility index (Phi) is 8.08. The van der Waals surface area contributed by atoms with E-state index in [1.165, 1.54) is 12.1 Å².